The van der Waals surface area contributed by atoms with Gasteiger partial charge in [0.15, 0.2) is 0 Å². The Balaban J connectivity index is 1.66. The summed E-state index contributed by atoms with van der Waals surface area (Å²) in [5.74, 6) is 0. The first-order chi connectivity index (χ1) is 14.3. The molecule has 1 N–H and O–H groups in total. The summed E-state index contributed by atoms with van der Waals surface area (Å²) in [7, 11) is -3.18. The van der Waals surface area contributed by atoms with Crippen LogP contribution < -0.4 is 5.32 Å². The zero-order chi connectivity index (χ0) is 21.3. The molecule has 1 aliphatic heterocycles. The summed E-state index contributed by atoms with van der Waals surface area (Å²) in [6.45, 7) is 0.933. The van der Waals surface area contributed by atoms with E-state index in [4.69, 9.17) is 0 Å². The highest BCUT2D eigenvalue weighted by molar-refractivity contribution is 7.88. The van der Waals surface area contributed by atoms with Gasteiger partial charge in [0.25, 0.3) is 6.43 Å². The van der Waals surface area contributed by atoms with E-state index in [1.54, 1.807) is 18.5 Å². The maximum absolute atomic E-state index is 13.1. The van der Waals surface area contributed by atoms with Crippen molar-refractivity contribution in [2.75, 3.05) is 24.7 Å². The third-order valence-corrected chi connectivity index (χ3v) is 6.68. The number of aromatic nitrogens is 2. The number of hydrogen-bond donors (Lipinski definition) is 1. The molecule has 0 unspecified atom stereocenters. The van der Waals surface area contributed by atoms with Crippen LogP contribution >= 0.6 is 0 Å². The SMILES string of the molecule is CS(=O)(=O)N1CCC(Nc2cc(-c3ccnc(C(F)F)c3)cc3ccncc23)CC1. The number of nitrogens with one attached hydrogen (secondary N) is 1. The van der Waals surface area contributed by atoms with E-state index in [2.05, 4.69) is 15.3 Å². The molecular weight excluding hydrogens is 410 g/mol. The molecule has 30 heavy (non-hydrogen) atoms. The summed E-state index contributed by atoms with van der Waals surface area (Å²) in [5, 5.41) is 5.38. The second-order valence-electron chi connectivity index (χ2n) is 7.47. The number of anilines is 1. The molecule has 9 heteroatoms. The van der Waals surface area contributed by atoms with Crippen LogP contribution in [0, 0.1) is 0 Å². The van der Waals surface area contributed by atoms with Crippen LogP contribution in [0.5, 0.6) is 0 Å². The minimum atomic E-state index is -3.18. The standard InChI is InChI=1S/C21H22F2N4O2S/c1-30(28,29)27-8-4-17(5-9-27)26-19-12-16(10-15-2-6-24-13-18(15)19)14-3-7-25-20(11-14)21(22)23/h2-3,6-7,10-13,17,21,26H,4-5,8-9H2,1H3. The summed E-state index contributed by atoms with van der Waals surface area (Å²) >= 11 is 0. The van der Waals surface area contributed by atoms with Crippen LogP contribution in [0.15, 0.2) is 48.9 Å². The summed E-state index contributed by atoms with van der Waals surface area (Å²) in [6, 6.07) is 8.97. The number of hydrogen-bond acceptors (Lipinski definition) is 5. The van der Waals surface area contributed by atoms with E-state index < -0.39 is 16.4 Å². The Morgan fingerprint density at radius 3 is 2.57 bits per heavy atom. The van der Waals surface area contributed by atoms with E-state index >= 15 is 0 Å². The highest BCUT2D eigenvalue weighted by atomic mass is 32.2. The lowest BCUT2D eigenvalue weighted by Gasteiger charge is -2.31. The highest BCUT2D eigenvalue weighted by Crippen LogP contribution is 2.33. The summed E-state index contributed by atoms with van der Waals surface area (Å²) < 4.78 is 51.2. The molecule has 0 saturated carbocycles. The number of rotatable bonds is 5. The molecule has 3 heterocycles. The lowest BCUT2D eigenvalue weighted by atomic mass is 9.99. The smallest absolute Gasteiger partial charge is 0.280 e. The first kappa shape index (κ1) is 20.6. The number of piperidine rings is 1. The molecule has 0 aliphatic carbocycles. The van der Waals surface area contributed by atoms with Crippen molar-refractivity contribution in [2.24, 2.45) is 0 Å². The van der Waals surface area contributed by atoms with E-state index in [-0.39, 0.29) is 11.7 Å². The Morgan fingerprint density at radius 1 is 1.10 bits per heavy atom. The molecule has 0 amide bonds. The van der Waals surface area contributed by atoms with Gasteiger partial charge in [-0.05, 0) is 59.7 Å². The van der Waals surface area contributed by atoms with Gasteiger partial charge in [0.1, 0.15) is 5.69 Å². The van der Waals surface area contributed by atoms with Crippen molar-refractivity contribution < 1.29 is 17.2 Å². The first-order valence-corrected chi connectivity index (χ1v) is 11.5. The van der Waals surface area contributed by atoms with Gasteiger partial charge in [0.05, 0.1) is 6.26 Å². The predicted octanol–water partition coefficient (Wildman–Crippen LogP) is 4.07. The Morgan fingerprint density at radius 2 is 1.87 bits per heavy atom. The number of nitrogens with zero attached hydrogens (tertiary/aromatic N) is 3. The highest BCUT2D eigenvalue weighted by Gasteiger charge is 2.25. The molecule has 0 radical (unpaired) electrons. The van der Waals surface area contributed by atoms with Gasteiger partial charge in [-0.15, -0.1) is 0 Å². The lowest BCUT2D eigenvalue weighted by molar-refractivity contribution is 0.146. The molecule has 1 aromatic carbocycles. The number of benzene rings is 1. The van der Waals surface area contributed by atoms with E-state index in [9.17, 15) is 17.2 Å². The molecule has 1 fully saturated rings. The van der Waals surface area contributed by atoms with Crippen molar-refractivity contribution in [3.05, 3.63) is 54.6 Å². The van der Waals surface area contributed by atoms with Crippen molar-refractivity contribution in [2.45, 2.75) is 25.3 Å². The van der Waals surface area contributed by atoms with Crippen molar-refractivity contribution in [1.29, 1.82) is 0 Å². The van der Waals surface area contributed by atoms with Gasteiger partial charge >= 0.3 is 0 Å². The minimum Gasteiger partial charge on any atom is -0.382 e. The van der Waals surface area contributed by atoms with Crippen LogP contribution in [-0.4, -0.2) is 48.1 Å². The quantitative estimate of drug-likeness (QED) is 0.658. The van der Waals surface area contributed by atoms with Crippen molar-refractivity contribution in [1.82, 2.24) is 14.3 Å². The molecule has 0 bridgehead atoms. The number of sulfonamides is 1. The maximum atomic E-state index is 13.1. The van der Waals surface area contributed by atoms with E-state index in [0.29, 0.717) is 31.5 Å². The normalized spacial score (nSPS) is 16.3. The first-order valence-electron chi connectivity index (χ1n) is 9.65. The molecular formula is C21H22F2N4O2S. The van der Waals surface area contributed by atoms with Crippen molar-refractivity contribution in [3.63, 3.8) is 0 Å². The molecule has 0 atom stereocenters. The van der Waals surface area contributed by atoms with E-state index in [1.165, 1.54) is 22.8 Å². The fourth-order valence-electron chi connectivity index (χ4n) is 3.78. The topological polar surface area (TPSA) is 75.2 Å². The molecule has 2 aromatic heterocycles. The predicted molar refractivity (Wildman–Crippen MR) is 113 cm³/mol. The van der Waals surface area contributed by atoms with Crippen LogP contribution in [0.1, 0.15) is 25.0 Å². The van der Waals surface area contributed by atoms with Gasteiger partial charge in [0.2, 0.25) is 10.0 Å². The third-order valence-electron chi connectivity index (χ3n) is 5.38. The van der Waals surface area contributed by atoms with E-state index in [1.807, 2.05) is 18.2 Å². The molecule has 4 rings (SSSR count). The molecule has 158 valence electrons. The zero-order valence-corrected chi connectivity index (χ0v) is 17.2. The number of alkyl halides is 2. The van der Waals surface area contributed by atoms with Gasteiger partial charge in [-0.2, -0.15) is 0 Å². The van der Waals surface area contributed by atoms with Crippen molar-refractivity contribution >= 4 is 26.5 Å². The second-order valence-corrected chi connectivity index (χ2v) is 9.45. The Labute approximate surface area is 174 Å². The summed E-state index contributed by atoms with van der Waals surface area (Å²) in [6.07, 6.45) is 4.82. The van der Waals surface area contributed by atoms with Crippen LogP contribution in [0.2, 0.25) is 0 Å². The monoisotopic (exact) mass is 432 g/mol. The molecule has 0 spiro atoms. The van der Waals surface area contributed by atoms with Crippen LogP contribution in [0.25, 0.3) is 21.9 Å². The number of fused-ring (bicyclic) bond motifs is 1. The zero-order valence-electron chi connectivity index (χ0n) is 16.4. The Bertz CT molecular complexity index is 1160. The third kappa shape index (κ3) is 4.41. The number of halogens is 2. The molecule has 1 saturated heterocycles. The molecule has 3 aromatic rings. The average Bonchev–Trinajstić information content (AvgIpc) is 2.73. The summed E-state index contributed by atoms with van der Waals surface area (Å²) in [5.41, 5.74) is 2.05. The van der Waals surface area contributed by atoms with Crippen LogP contribution in [0.3, 0.4) is 0 Å². The lowest BCUT2D eigenvalue weighted by Crippen LogP contribution is -2.41. The van der Waals surface area contributed by atoms with Gasteiger partial charge < -0.3 is 5.32 Å². The van der Waals surface area contributed by atoms with Gasteiger partial charge in [-0.1, -0.05) is 0 Å². The number of pyridine rings is 2. The Hall–Kier alpha value is -2.65. The summed E-state index contributed by atoms with van der Waals surface area (Å²) in [4.78, 5) is 7.95. The molecule has 1 aliphatic rings. The van der Waals surface area contributed by atoms with Crippen molar-refractivity contribution in [3.8, 4) is 11.1 Å². The van der Waals surface area contributed by atoms with Gasteiger partial charge in [-0.3, -0.25) is 9.97 Å². The largest absolute Gasteiger partial charge is 0.382 e. The Kier molecular flexibility index (Phi) is 5.66. The van der Waals surface area contributed by atoms with Gasteiger partial charge in [0, 0.05) is 48.8 Å². The van der Waals surface area contributed by atoms with Gasteiger partial charge in [-0.25, -0.2) is 21.5 Å². The fourth-order valence-corrected chi connectivity index (χ4v) is 4.66. The molecule has 6 nitrogen and oxygen atoms in total. The van der Waals surface area contributed by atoms with E-state index in [0.717, 1.165) is 22.0 Å². The second kappa shape index (κ2) is 8.23. The maximum Gasteiger partial charge on any atom is 0.280 e. The average molecular weight is 432 g/mol. The van der Waals surface area contributed by atoms with Crippen LogP contribution in [0.4, 0.5) is 14.5 Å². The minimum absolute atomic E-state index is 0.107. The fraction of sp³-hybridized carbons (Fsp3) is 0.333. The van der Waals surface area contributed by atoms with Crippen LogP contribution in [-0.2, 0) is 10.0 Å².